The standard InChI is InChI=1S/C20H31BO4/c1-18(2,3)23-17(22)10-8-9-15-11-13-16(14-12-15)21-24-19(4,5)20(6,7)25-21/h11-14H,8-10H2,1-7H3. The molecular formula is C20H31BO4. The zero-order chi connectivity index (χ0) is 18.9. The molecular weight excluding hydrogens is 315 g/mol. The molecule has 0 spiro atoms. The highest BCUT2D eigenvalue weighted by molar-refractivity contribution is 6.62. The van der Waals surface area contributed by atoms with Crippen molar-refractivity contribution < 1.29 is 18.8 Å². The Balaban J connectivity index is 1.86. The van der Waals surface area contributed by atoms with Crippen LogP contribution in [0.25, 0.3) is 0 Å². The van der Waals surface area contributed by atoms with Gasteiger partial charge in [-0.2, -0.15) is 0 Å². The second kappa shape index (κ2) is 7.12. The maximum absolute atomic E-state index is 11.7. The van der Waals surface area contributed by atoms with E-state index < -0.39 is 5.60 Å². The number of ether oxygens (including phenoxy) is 1. The summed E-state index contributed by atoms with van der Waals surface area (Å²) in [4.78, 5) is 11.7. The summed E-state index contributed by atoms with van der Waals surface area (Å²) < 4.78 is 17.5. The lowest BCUT2D eigenvalue weighted by Crippen LogP contribution is -2.41. The highest BCUT2D eigenvalue weighted by atomic mass is 16.7. The lowest BCUT2D eigenvalue weighted by Gasteiger charge is -2.32. The molecule has 0 radical (unpaired) electrons. The maximum Gasteiger partial charge on any atom is 0.494 e. The Morgan fingerprint density at radius 2 is 1.56 bits per heavy atom. The van der Waals surface area contributed by atoms with Gasteiger partial charge < -0.3 is 14.0 Å². The van der Waals surface area contributed by atoms with Crippen molar-refractivity contribution in [3.63, 3.8) is 0 Å². The summed E-state index contributed by atoms with van der Waals surface area (Å²) in [6, 6.07) is 8.25. The first kappa shape index (κ1) is 20.0. The monoisotopic (exact) mass is 346 g/mol. The Kier molecular flexibility index (Phi) is 5.70. The molecule has 0 amide bonds. The number of hydrogen-bond donors (Lipinski definition) is 0. The van der Waals surface area contributed by atoms with Crippen LogP contribution in [0.15, 0.2) is 24.3 Å². The van der Waals surface area contributed by atoms with Crippen LogP contribution in [-0.4, -0.2) is 29.9 Å². The molecule has 2 rings (SSSR count). The predicted octanol–water partition coefficient (Wildman–Crippen LogP) is 3.65. The molecule has 0 aliphatic carbocycles. The van der Waals surface area contributed by atoms with Crippen LogP contribution in [0.4, 0.5) is 0 Å². The Labute approximate surface area is 152 Å². The van der Waals surface area contributed by atoms with E-state index in [0.717, 1.165) is 18.3 Å². The summed E-state index contributed by atoms with van der Waals surface area (Å²) >= 11 is 0. The summed E-state index contributed by atoms with van der Waals surface area (Å²) in [5, 5.41) is 0. The van der Waals surface area contributed by atoms with E-state index in [9.17, 15) is 4.79 Å². The second-order valence-electron chi connectivity index (χ2n) is 8.77. The van der Waals surface area contributed by atoms with Crippen LogP contribution in [0.2, 0.25) is 0 Å². The zero-order valence-electron chi connectivity index (χ0n) is 16.6. The number of rotatable bonds is 5. The predicted molar refractivity (Wildman–Crippen MR) is 101 cm³/mol. The van der Waals surface area contributed by atoms with Crippen LogP contribution in [0, 0.1) is 0 Å². The van der Waals surface area contributed by atoms with Gasteiger partial charge in [0.25, 0.3) is 0 Å². The third-order valence-electron chi connectivity index (χ3n) is 4.77. The van der Waals surface area contributed by atoms with Gasteiger partial charge in [-0.1, -0.05) is 24.3 Å². The van der Waals surface area contributed by atoms with Crippen molar-refractivity contribution in [1.29, 1.82) is 0 Å². The number of carbonyl (C=O) groups excluding carboxylic acids is 1. The Morgan fingerprint density at radius 1 is 1.04 bits per heavy atom. The quantitative estimate of drug-likeness (QED) is 0.603. The zero-order valence-corrected chi connectivity index (χ0v) is 16.6. The molecule has 0 bridgehead atoms. The van der Waals surface area contributed by atoms with Gasteiger partial charge in [0.2, 0.25) is 0 Å². The SMILES string of the molecule is CC(C)(C)OC(=O)CCCc1ccc(B2OC(C)(C)C(C)(C)O2)cc1. The molecule has 138 valence electrons. The van der Waals surface area contributed by atoms with Gasteiger partial charge in [0.05, 0.1) is 11.2 Å². The van der Waals surface area contributed by atoms with Crippen LogP contribution < -0.4 is 5.46 Å². The van der Waals surface area contributed by atoms with Crippen molar-refractivity contribution in [3.05, 3.63) is 29.8 Å². The average molecular weight is 346 g/mol. The topological polar surface area (TPSA) is 44.8 Å². The van der Waals surface area contributed by atoms with Gasteiger partial charge in [0.15, 0.2) is 0 Å². The van der Waals surface area contributed by atoms with Gasteiger partial charge in [-0.15, -0.1) is 0 Å². The van der Waals surface area contributed by atoms with E-state index >= 15 is 0 Å². The number of esters is 1. The molecule has 4 nitrogen and oxygen atoms in total. The van der Waals surface area contributed by atoms with Crippen LogP contribution in [-0.2, 0) is 25.3 Å². The first-order chi connectivity index (χ1) is 11.4. The first-order valence-corrected chi connectivity index (χ1v) is 9.06. The minimum Gasteiger partial charge on any atom is -0.460 e. The number of aryl methyl sites for hydroxylation is 1. The minimum atomic E-state index is -0.415. The molecule has 1 fully saturated rings. The Hall–Kier alpha value is -1.33. The summed E-state index contributed by atoms with van der Waals surface area (Å²) in [7, 11) is -0.333. The van der Waals surface area contributed by atoms with Crippen LogP contribution in [0.5, 0.6) is 0 Å². The molecule has 0 N–H and O–H groups in total. The van der Waals surface area contributed by atoms with E-state index in [0.29, 0.717) is 6.42 Å². The maximum atomic E-state index is 11.7. The third kappa shape index (κ3) is 5.32. The molecule has 0 atom stereocenters. The third-order valence-corrected chi connectivity index (χ3v) is 4.77. The fourth-order valence-electron chi connectivity index (χ4n) is 2.65. The number of carbonyl (C=O) groups is 1. The molecule has 5 heteroatoms. The van der Waals surface area contributed by atoms with Crippen molar-refractivity contribution in [1.82, 2.24) is 0 Å². The van der Waals surface area contributed by atoms with E-state index in [-0.39, 0.29) is 24.3 Å². The molecule has 1 aliphatic heterocycles. The van der Waals surface area contributed by atoms with Gasteiger partial charge in [-0.05, 0) is 72.3 Å². The van der Waals surface area contributed by atoms with Gasteiger partial charge in [0, 0.05) is 6.42 Å². The van der Waals surface area contributed by atoms with Gasteiger partial charge >= 0.3 is 13.1 Å². The minimum absolute atomic E-state index is 0.138. The van der Waals surface area contributed by atoms with E-state index in [2.05, 4.69) is 39.8 Å². The van der Waals surface area contributed by atoms with Gasteiger partial charge in [-0.25, -0.2) is 0 Å². The van der Waals surface area contributed by atoms with Gasteiger partial charge in [-0.3, -0.25) is 4.79 Å². The van der Waals surface area contributed by atoms with E-state index in [4.69, 9.17) is 14.0 Å². The molecule has 1 aliphatic rings. The largest absolute Gasteiger partial charge is 0.494 e. The van der Waals surface area contributed by atoms with Crippen LogP contribution in [0.1, 0.15) is 66.9 Å². The normalized spacial score (nSPS) is 19.1. The van der Waals surface area contributed by atoms with Gasteiger partial charge in [0.1, 0.15) is 5.60 Å². The molecule has 1 aromatic carbocycles. The first-order valence-electron chi connectivity index (χ1n) is 9.06. The summed E-state index contributed by atoms with van der Waals surface area (Å²) in [5.41, 5.74) is 1.15. The summed E-state index contributed by atoms with van der Waals surface area (Å²) in [5.74, 6) is -0.138. The molecule has 1 aromatic rings. The van der Waals surface area contributed by atoms with Crippen LogP contribution >= 0.6 is 0 Å². The fraction of sp³-hybridized carbons (Fsp3) is 0.650. The fourth-order valence-corrected chi connectivity index (χ4v) is 2.65. The summed E-state index contributed by atoms with van der Waals surface area (Å²) in [6.45, 7) is 13.9. The van der Waals surface area contributed by atoms with E-state index in [1.807, 2.05) is 32.9 Å². The second-order valence-corrected chi connectivity index (χ2v) is 8.77. The molecule has 0 saturated carbocycles. The Morgan fingerprint density at radius 3 is 2.04 bits per heavy atom. The van der Waals surface area contributed by atoms with Crippen molar-refractivity contribution >= 4 is 18.6 Å². The Bertz CT molecular complexity index is 583. The molecule has 25 heavy (non-hydrogen) atoms. The smallest absolute Gasteiger partial charge is 0.460 e. The van der Waals surface area contributed by atoms with Crippen molar-refractivity contribution in [3.8, 4) is 0 Å². The molecule has 0 aromatic heterocycles. The molecule has 0 unspecified atom stereocenters. The average Bonchev–Trinajstić information content (AvgIpc) is 2.66. The van der Waals surface area contributed by atoms with Crippen molar-refractivity contribution in [2.45, 2.75) is 84.5 Å². The van der Waals surface area contributed by atoms with Crippen LogP contribution in [0.3, 0.4) is 0 Å². The van der Waals surface area contributed by atoms with E-state index in [1.165, 1.54) is 5.56 Å². The number of benzene rings is 1. The molecule has 1 saturated heterocycles. The van der Waals surface area contributed by atoms with Crippen molar-refractivity contribution in [2.75, 3.05) is 0 Å². The highest BCUT2D eigenvalue weighted by Crippen LogP contribution is 2.36. The lowest BCUT2D eigenvalue weighted by molar-refractivity contribution is -0.154. The molecule has 1 heterocycles. The number of hydrogen-bond acceptors (Lipinski definition) is 4. The summed E-state index contributed by atoms with van der Waals surface area (Å²) in [6.07, 6.45) is 2.07. The highest BCUT2D eigenvalue weighted by Gasteiger charge is 2.51. The lowest BCUT2D eigenvalue weighted by atomic mass is 9.78. The van der Waals surface area contributed by atoms with E-state index in [1.54, 1.807) is 0 Å². The van der Waals surface area contributed by atoms with Crippen molar-refractivity contribution in [2.24, 2.45) is 0 Å².